The minimum absolute atomic E-state index is 0.530. The van der Waals surface area contributed by atoms with E-state index >= 15 is 0 Å². The van der Waals surface area contributed by atoms with Crippen molar-refractivity contribution in [3.05, 3.63) is 0 Å². The second-order valence-electron chi connectivity index (χ2n) is 2.48. The third-order valence-electron chi connectivity index (χ3n) is 1.60. The van der Waals surface area contributed by atoms with E-state index in [1.807, 2.05) is 0 Å². The summed E-state index contributed by atoms with van der Waals surface area (Å²) in [6.07, 6.45) is 1.14. The Bertz CT molecular complexity index is 56.9. The average Bonchev–Trinajstić information content (AvgIpc) is 1.77. The molecule has 1 heterocycles. The first-order valence-electron chi connectivity index (χ1n) is 3.16. The highest BCUT2D eigenvalue weighted by molar-refractivity contribution is 4.73. The molecule has 2 heteroatoms. The molecule has 0 saturated carbocycles. The number of piperidine rings is 1. The van der Waals surface area contributed by atoms with Crippen LogP contribution in [-0.2, 0) is 0 Å². The van der Waals surface area contributed by atoms with Gasteiger partial charge in [-0.1, -0.05) is 0 Å². The standard InChI is InChI=1S/C6H12FN/c1-5-2-3-6(7)4-8-5/h5-6,8H,2-4H2,1H3/t5-,6-/m1/s1. The molecule has 0 aromatic heterocycles. The third-order valence-corrected chi connectivity index (χ3v) is 1.60. The zero-order valence-corrected chi connectivity index (χ0v) is 5.15. The summed E-state index contributed by atoms with van der Waals surface area (Å²) in [6, 6.07) is 0.530. The van der Waals surface area contributed by atoms with E-state index in [1.165, 1.54) is 0 Å². The lowest BCUT2D eigenvalue weighted by Gasteiger charge is -2.21. The average molecular weight is 117 g/mol. The van der Waals surface area contributed by atoms with Crippen molar-refractivity contribution in [2.24, 2.45) is 0 Å². The first-order valence-corrected chi connectivity index (χ1v) is 3.16. The van der Waals surface area contributed by atoms with Gasteiger partial charge in [-0.25, -0.2) is 4.39 Å². The van der Waals surface area contributed by atoms with Crippen LogP contribution in [0.3, 0.4) is 0 Å². The highest BCUT2D eigenvalue weighted by Gasteiger charge is 2.15. The van der Waals surface area contributed by atoms with Gasteiger partial charge in [-0.3, -0.25) is 0 Å². The minimum atomic E-state index is -0.591. The maximum absolute atomic E-state index is 12.3. The van der Waals surface area contributed by atoms with Crippen molar-refractivity contribution < 1.29 is 4.39 Å². The first kappa shape index (κ1) is 6.02. The van der Waals surface area contributed by atoms with Gasteiger partial charge in [0, 0.05) is 12.6 Å². The molecular weight excluding hydrogens is 105 g/mol. The van der Waals surface area contributed by atoms with Crippen molar-refractivity contribution in [1.29, 1.82) is 0 Å². The molecule has 1 fully saturated rings. The van der Waals surface area contributed by atoms with Crippen molar-refractivity contribution in [3.8, 4) is 0 Å². The Morgan fingerprint density at radius 1 is 1.50 bits per heavy atom. The Labute approximate surface area is 49.3 Å². The summed E-state index contributed by atoms with van der Waals surface area (Å²) >= 11 is 0. The van der Waals surface area contributed by atoms with Crippen LogP contribution in [0.5, 0.6) is 0 Å². The van der Waals surface area contributed by atoms with Crippen molar-refractivity contribution in [1.82, 2.24) is 5.32 Å². The molecule has 0 amide bonds. The summed E-state index contributed by atoms with van der Waals surface area (Å²) in [6.45, 7) is 2.65. The van der Waals surface area contributed by atoms with Crippen LogP contribution in [0.15, 0.2) is 0 Å². The van der Waals surface area contributed by atoms with Crippen molar-refractivity contribution >= 4 is 0 Å². The van der Waals surface area contributed by atoms with E-state index in [2.05, 4.69) is 12.2 Å². The lowest BCUT2D eigenvalue weighted by atomic mass is 10.1. The fraction of sp³-hybridized carbons (Fsp3) is 1.00. The van der Waals surface area contributed by atoms with E-state index in [-0.39, 0.29) is 0 Å². The fourth-order valence-electron chi connectivity index (χ4n) is 0.964. The molecule has 1 rings (SSSR count). The largest absolute Gasteiger partial charge is 0.311 e. The molecule has 0 radical (unpaired) electrons. The zero-order chi connectivity index (χ0) is 5.98. The Balaban J connectivity index is 2.19. The zero-order valence-electron chi connectivity index (χ0n) is 5.15. The van der Waals surface area contributed by atoms with Crippen LogP contribution in [-0.4, -0.2) is 18.8 Å². The Hall–Kier alpha value is -0.110. The molecule has 1 N–H and O–H groups in total. The van der Waals surface area contributed by atoms with Crippen molar-refractivity contribution in [3.63, 3.8) is 0 Å². The topological polar surface area (TPSA) is 12.0 Å². The van der Waals surface area contributed by atoms with E-state index in [4.69, 9.17) is 0 Å². The third kappa shape index (κ3) is 1.44. The molecule has 1 aliphatic heterocycles. The van der Waals surface area contributed by atoms with Crippen LogP contribution in [0.2, 0.25) is 0 Å². The SMILES string of the molecule is C[C@@H]1CC[C@@H](F)CN1. The molecule has 0 aliphatic carbocycles. The lowest BCUT2D eigenvalue weighted by molar-refractivity contribution is 0.239. The monoisotopic (exact) mass is 117 g/mol. The van der Waals surface area contributed by atoms with E-state index < -0.39 is 6.17 Å². The molecule has 8 heavy (non-hydrogen) atoms. The maximum atomic E-state index is 12.3. The van der Waals surface area contributed by atoms with Crippen molar-refractivity contribution in [2.75, 3.05) is 6.54 Å². The first-order chi connectivity index (χ1) is 3.79. The summed E-state index contributed by atoms with van der Waals surface area (Å²) in [5, 5.41) is 3.06. The summed E-state index contributed by atoms with van der Waals surface area (Å²) in [5.74, 6) is 0. The van der Waals surface area contributed by atoms with Gasteiger partial charge in [0.1, 0.15) is 6.17 Å². The van der Waals surface area contributed by atoms with Gasteiger partial charge >= 0.3 is 0 Å². The van der Waals surface area contributed by atoms with Gasteiger partial charge in [-0.2, -0.15) is 0 Å². The molecule has 1 nitrogen and oxygen atoms in total. The van der Waals surface area contributed by atoms with E-state index in [0.717, 1.165) is 12.8 Å². The quantitative estimate of drug-likeness (QED) is 0.501. The molecule has 0 bridgehead atoms. The number of hydrogen-bond donors (Lipinski definition) is 1. The second-order valence-corrected chi connectivity index (χ2v) is 2.48. The number of alkyl halides is 1. The highest BCUT2D eigenvalue weighted by Crippen LogP contribution is 2.09. The predicted molar refractivity (Wildman–Crippen MR) is 31.6 cm³/mol. The van der Waals surface area contributed by atoms with Crippen LogP contribution in [0.4, 0.5) is 4.39 Å². The molecule has 0 aromatic carbocycles. The van der Waals surface area contributed by atoms with Crippen molar-refractivity contribution in [2.45, 2.75) is 32.0 Å². The van der Waals surface area contributed by atoms with E-state index in [9.17, 15) is 4.39 Å². The summed E-state index contributed by atoms with van der Waals surface area (Å²) in [4.78, 5) is 0. The molecule has 0 unspecified atom stereocenters. The fourth-order valence-corrected chi connectivity index (χ4v) is 0.964. The smallest absolute Gasteiger partial charge is 0.113 e. The van der Waals surface area contributed by atoms with Gasteiger partial charge in [-0.15, -0.1) is 0 Å². The Morgan fingerprint density at radius 2 is 2.25 bits per heavy atom. The van der Waals surface area contributed by atoms with Crippen LogP contribution in [0, 0.1) is 0 Å². The molecule has 48 valence electrons. The van der Waals surface area contributed by atoms with Crippen LogP contribution in [0.1, 0.15) is 19.8 Å². The van der Waals surface area contributed by atoms with Crippen LogP contribution >= 0.6 is 0 Å². The van der Waals surface area contributed by atoms with Gasteiger partial charge in [0.2, 0.25) is 0 Å². The van der Waals surface area contributed by atoms with Gasteiger partial charge in [0.25, 0.3) is 0 Å². The van der Waals surface area contributed by atoms with Gasteiger partial charge in [0.05, 0.1) is 0 Å². The number of rotatable bonds is 0. The summed E-state index contributed by atoms with van der Waals surface area (Å²) in [5.41, 5.74) is 0. The molecule has 0 spiro atoms. The molecular formula is C6H12FN. The molecule has 1 saturated heterocycles. The predicted octanol–water partition coefficient (Wildman–Crippen LogP) is 1.10. The summed E-state index contributed by atoms with van der Waals surface area (Å²) in [7, 11) is 0. The number of nitrogens with one attached hydrogen (secondary N) is 1. The van der Waals surface area contributed by atoms with Gasteiger partial charge in [0.15, 0.2) is 0 Å². The molecule has 1 aliphatic rings. The Kier molecular flexibility index (Phi) is 1.84. The minimum Gasteiger partial charge on any atom is -0.311 e. The lowest BCUT2D eigenvalue weighted by Crippen LogP contribution is -2.37. The normalized spacial score (nSPS) is 39.8. The van der Waals surface area contributed by atoms with Gasteiger partial charge in [-0.05, 0) is 19.8 Å². The maximum Gasteiger partial charge on any atom is 0.113 e. The number of halogens is 1. The summed E-state index contributed by atoms with van der Waals surface area (Å²) < 4.78 is 12.3. The molecule has 2 atom stereocenters. The van der Waals surface area contributed by atoms with E-state index in [1.54, 1.807) is 0 Å². The number of hydrogen-bond acceptors (Lipinski definition) is 1. The highest BCUT2D eigenvalue weighted by atomic mass is 19.1. The second kappa shape index (κ2) is 2.44. The van der Waals surface area contributed by atoms with Crippen LogP contribution in [0.25, 0.3) is 0 Å². The van der Waals surface area contributed by atoms with Crippen LogP contribution < -0.4 is 5.32 Å². The van der Waals surface area contributed by atoms with E-state index in [0.29, 0.717) is 12.6 Å². The molecule has 0 aromatic rings. The Morgan fingerprint density at radius 3 is 2.62 bits per heavy atom. The van der Waals surface area contributed by atoms with Gasteiger partial charge < -0.3 is 5.32 Å².